The van der Waals surface area contributed by atoms with Crippen molar-refractivity contribution >= 4 is 23.8 Å². The maximum Gasteiger partial charge on any atom is 0.410 e. The number of amides is 1. The second-order valence-corrected chi connectivity index (χ2v) is 20.9. The number of aliphatic hydroxyl groups is 2. The van der Waals surface area contributed by atoms with Crippen molar-refractivity contribution in [2.75, 3.05) is 33.2 Å². The van der Waals surface area contributed by atoms with E-state index in [2.05, 4.69) is 19.6 Å². The summed E-state index contributed by atoms with van der Waals surface area (Å²) in [6.07, 6.45) is 19.7. The Bertz CT molecular complexity index is 2690. The van der Waals surface area contributed by atoms with Crippen LogP contribution in [0.3, 0.4) is 0 Å². The molecular formula is C62H77N3O13. The van der Waals surface area contributed by atoms with E-state index in [1.807, 2.05) is 36.4 Å². The molecule has 0 spiro atoms. The van der Waals surface area contributed by atoms with Gasteiger partial charge in [-0.2, -0.15) is 0 Å². The summed E-state index contributed by atoms with van der Waals surface area (Å²) in [6, 6.07) is 23.5. The zero-order chi connectivity index (χ0) is 54.7. The molecule has 2 N–H and O–H groups in total. The minimum Gasteiger partial charge on any atom is -0.459 e. The van der Waals surface area contributed by atoms with E-state index in [-0.39, 0.29) is 76.2 Å². The van der Waals surface area contributed by atoms with Crippen LogP contribution in [0.5, 0.6) is 28.7 Å². The first-order valence-corrected chi connectivity index (χ1v) is 28.2. The van der Waals surface area contributed by atoms with Gasteiger partial charge < -0.3 is 43.5 Å². The Kier molecular flexibility index (Phi) is 21.2. The highest BCUT2D eigenvalue weighted by Crippen LogP contribution is 2.62. The minimum atomic E-state index is -1.59. The van der Waals surface area contributed by atoms with Crippen molar-refractivity contribution in [3.8, 4) is 28.7 Å². The zero-order valence-electron chi connectivity index (χ0n) is 45.1. The number of unbranched alkanes of at least 4 members (excludes halogenated alkanes) is 11. The maximum absolute atomic E-state index is 15.3. The number of aliphatic hydroxyl groups excluding tert-OH is 2. The standard InChI is InChI=1S/C62H77N3O13/c1-3-5-6-7-8-9-10-11-12-17-34-72-61(69)64(40-45-25-29-56-57(36-45)74-43-73-56)58-39-54(63-76-42-44-23-26-48(27-24-44)65(70)71)52-37-47(20-13-15-31-66)51(22-14-16-32-67)59-53-38-50(77-49-21-18-19-46(35-49)41-68)28-30-55(53)78-62(58,60(52)59)75-33-4-2/h4,18-19,21,23-30,35-38,41,47,51,58-60,66-67H,2-3,5-17,20,22,31-34,39-40,42-43H2,1H3. The lowest BCUT2D eigenvalue weighted by Gasteiger charge is -2.59. The number of rotatable bonds is 32. The highest BCUT2D eigenvalue weighted by atomic mass is 16.7. The van der Waals surface area contributed by atoms with E-state index >= 15 is 4.79 Å². The number of hydrogen-bond donors (Lipinski definition) is 2. The van der Waals surface area contributed by atoms with E-state index < -0.39 is 28.8 Å². The first kappa shape index (κ1) is 57.4. The van der Waals surface area contributed by atoms with Gasteiger partial charge in [0.25, 0.3) is 5.69 Å². The van der Waals surface area contributed by atoms with Crippen molar-refractivity contribution < 1.29 is 58.0 Å². The van der Waals surface area contributed by atoms with Crippen molar-refractivity contribution in [1.29, 1.82) is 0 Å². The smallest absolute Gasteiger partial charge is 0.410 e. The number of non-ortho nitro benzene ring substituents is 1. The van der Waals surface area contributed by atoms with Gasteiger partial charge in [-0.15, -0.1) is 6.58 Å². The summed E-state index contributed by atoms with van der Waals surface area (Å²) < 4.78 is 39.1. The van der Waals surface area contributed by atoms with Crippen molar-refractivity contribution in [3.63, 3.8) is 0 Å². The zero-order valence-corrected chi connectivity index (χ0v) is 45.1. The molecule has 2 aliphatic heterocycles. The fourth-order valence-corrected chi connectivity index (χ4v) is 11.8. The molecule has 6 unspecified atom stereocenters. The average molecular weight is 1070 g/mol. The molecule has 1 saturated carbocycles. The molecule has 16 heteroatoms. The Balaban J connectivity index is 1.25. The van der Waals surface area contributed by atoms with Crippen molar-refractivity contribution in [1.82, 2.24) is 4.90 Å². The molecule has 0 aromatic heterocycles. The molecule has 2 heterocycles. The van der Waals surface area contributed by atoms with Gasteiger partial charge in [0.15, 0.2) is 11.5 Å². The molecule has 4 aromatic carbocycles. The van der Waals surface area contributed by atoms with Gasteiger partial charge in [0.1, 0.15) is 36.2 Å². The number of nitro groups is 1. The molecule has 1 amide bonds. The average Bonchev–Trinajstić information content (AvgIpc) is 4.04. The summed E-state index contributed by atoms with van der Waals surface area (Å²) in [5.41, 5.74) is 4.10. The molecule has 1 fully saturated rings. The second-order valence-electron chi connectivity index (χ2n) is 20.9. The fourth-order valence-electron chi connectivity index (χ4n) is 11.8. The first-order chi connectivity index (χ1) is 38.2. The van der Waals surface area contributed by atoms with Crippen LogP contribution in [0.15, 0.2) is 114 Å². The van der Waals surface area contributed by atoms with Crippen LogP contribution in [0.2, 0.25) is 0 Å². The van der Waals surface area contributed by atoms with Crippen LogP contribution in [0.25, 0.3) is 0 Å². The van der Waals surface area contributed by atoms with Crippen LogP contribution in [-0.2, 0) is 27.5 Å². The molecule has 8 rings (SSSR count). The van der Waals surface area contributed by atoms with E-state index in [0.717, 1.165) is 61.5 Å². The summed E-state index contributed by atoms with van der Waals surface area (Å²) in [4.78, 5) is 46.2. The lowest BCUT2D eigenvalue weighted by atomic mass is 9.55. The van der Waals surface area contributed by atoms with Crippen molar-refractivity contribution in [3.05, 3.63) is 142 Å². The lowest BCUT2D eigenvalue weighted by Crippen LogP contribution is -2.70. The first-order valence-electron chi connectivity index (χ1n) is 28.2. The van der Waals surface area contributed by atoms with Crippen molar-refractivity contribution in [2.45, 2.75) is 147 Å². The van der Waals surface area contributed by atoms with Crippen LogP contribution in [0.4, 0.5) is 10.5 Å². The van der Waals surface area contributed by atoms with Gasteiger partial charge in [0, 0.05) is 55.4 Å². The summed E-state index contributed by atoms with van der Waals surface area (Å²) in [5.74, 6) is 0.00187. The molecule has 0 radical (unpaired) electrons. The second kappa shape index (κ2) is 28.7. The fraction of sp³-hybridized carbons (Fsp3) is 0.500. The van der Waals surface area contributed by atoms with Crippen LogP contribution in [0, 0.1) is 27.9 Å². The van der Waals surface area contributed by atoms with Gasteiger partial charge >= 0.3 is 6.09 Å². The van der Waals surface area contributed by atoms with Gasteiger partial charge in [-0.3, -0.25) is 19.8 Å². The van der Waals surface area contributed by atoms with E-state index in [1.165, 1.54) is 50.7 Å². The maximum atomic E-state index is 15.3. The molecule has 2 aliphatic carbocycles. The molecule has 0 saturated heterocycles. The Hall–Kier alpha value is -6.75. The third-order valence-electron chi connectivity index (χ3n) is 15.6. The van der Waals surface area contributed by atoms with Gasteiger partial charge in [0.2, 0.25) is 12.6 Å². The number of nitro benzene ring substituents is 1. The number of fused-ring (bicyclic) bond motifs is 3. The molecule has 4 aliphatic rings. The molecular weight excluding hydrogens is 995 g/mol. The Morgan fingerprint density at radius 2 is 1.54 bits per heavy atom. The molecule has 0 bridgehead atoms. The van der Waals surface area contributed by atoms with Crippen LogP contribution < -0.4 is 18.9 Å². The third kappa shape index (κ3) is 14.3. The van der Waals surface area contributed by atoms with E-state index in [0.29, 0.717) is 71.3 Å². The Labute approximate surface area is 458 Å². The number of nitrogens with zero attached hydrogens (tertiary/aromatic N) is 3. The Morgan fingerprint density at radius 1 is 0.833 bits per heavy atom. The van der Waals surface area contributed by atoms with Crippen LogP contribution >= 0.6 is 0 Å². The minimum absolute atomic E-state index is 0.00248. The van der Waals surface area contributed by atoms with E-state index in [4.69, 9.17) is 38.4 Å². The number of oxime groups is 1. The number of carbonyl (C=O) groups excluding carboxylic acids is 2. The number of ether oxygens (including phenoxy) is 6. The van der Waals surface area contributed by atoms with E-state index in [1.54, 1.807) is 47.4 Å². The molecule has 6 atom stereocenters. The van der Waals surface area contributed by atoms with Crippen LogP contribution in [0.1, 0.15) is 149 Å². The summed E-state index contributed by atoms with van der Waals surface area (Å²) >= 11 is 0. The normalized spacial score (nSPS) is 21.1. The summed E-state index contributed by atoms with van der Waals surface area (Å²) in [7, 11) is 0. The summed E-state index contributed by atoms with van der Waals surface area (Å²) in [5, 5.41) is 36.7. The van der Waals surface area contributed by atoms with Gasteiger partial charge in [-0.25, -0.2) is 4.79 Å². The Morgan fingerprint density at radius 3 is 2.27 bits per heavy atom. The number of aldehydes is 1. The molecule has 16 nitrogen and oxygen atoms in total. The lowest BCUT2D eigenvalue weighted by molar-refractivity contribution is -0.384. The topological polar surface area (TPSA) is 198 Å². The third-order valence-corrected chi connectivity index (χ3v) is 15.6. The molecule has 78 heavy (non-hydrogen) atoms. The predicted octanol–water partition coefficient (Wildman–Crippen LogP) is 13.3. The highest BCUT2D eigenvalue weighted by molar-refractivity contribution is 6.03. The summed E-state index contributed by atoms with van der Waals surface area (Å²) in [6.45, 7) is 6.81. The number of benzene rings is 4. The SMILES string of the molecule is C=CCOC12Oc3ccc(Oc4cccc(C=O)c4)cc3C3C(CCCCO)C(CCCCO)C=C(C(=NOCc4ccc([N+](=O)[O-])cc4)CC1N(Cc1ccc4c(c1)OCO4)C(=O)OCCCCCCCCCCCC)C32. The van der Waals surface area contributed by atoms with Gasteiger partial charge in [0.05, 0.1) is 29.8 Å². The van der Waals surface area contributed by atoms with Crippen LogP contribution in [-0.4, -0.2) is 83.2 Å². The van der Waals surface area contributed by atoms with Crippen molar-refractivity contribution in [2.24, 2.45) is 22.9 Å². The van der Waals surface area contributed by atoms with E-state index in [9.17, 15) is 25.1 Å². The number of allylic oxidation sites excluding steroid dienone is 1. The monoisotopic (exact) mass is 1070 g/mol. The quantitative estimate of drug-likeness (QED) is 0.0154. The highest BCUT2D eigenvalue weighted by Gasteiger charge is 2.66. The van der Waals surface area contributed by atoms with Gasteiger partial charge in [-0.05, 0) is 115 Å². The largest absolute Gasteiger partial charge is 0.459 e. The predicted molar refractivity (Wildman–Crippen MR) is 296 cm³/mol. The molecule has 418 valence electrons. The molecule has 4 aromatic rings. The number of carbonyl (C=O) groups is 2. The number of hydrogen-bond acceptors (Lipinski definition) is 14. The van der Waals surface area contributed by atoms with Gasteiger partial charge in [-0.1, -0.05) is 113 Å².